The Morgan fingerprint density at radius 3 is 2.54 bits per heavy atom. The second-order valence-corrected chi connectivity index (χ2v) is 9.25. The number of amides is 1. The predicted octanol–water partition coefficient (Wildman–Crippen LogP) is 1.28. The van der Waals surface area contributed by atoms with Crippen LogP contribution in [0.1, 0.15) is 44.1 Å². The number of carbonyl (C=O) groups is 2. The van der Waals surface area contributed by atoms with E-state index in [2.05, 4.69) is 5.32 Å². The van der Waals surface area contributed by atoms with Crippen LogP contribution in [0.25, 0.3) is 0 Å². The van der Waals surface area contributed by atoms with E-state index in [9.17, 15) is 23.1 Å². The van der Waals surface area contributed by atoms with Crippen molar-refractivity contribution in [3.05, 3.63) is 18.0 Å². The molecule has 2 rings (SSSR count). The van der Waals surface area contributed by atoms with Gasteiger partial charge in [0, 0.05) is 26.3 Å². The molecule has 0 bridgehead atoms. The molecular weight excluding hydrogens is 358 g/mol. The maximum Gasteiger partial charge on any atom is 0.326 e. The van der Waals surface area contributed by atoms with E-state index in [1.807, 2.05) is 6.92 Å². The molecule has 26 heavy (non-hydrogen) atoms. The highest BCUT2D eigenvalue weighted by atomic mass is 32.2. The van der Waals surface area contributed by atoms with Gasteiger partial charge in [0.05, 0.1) is 0 Å². The van der Waals surface area contributed by atoms with Gasteiger partial charge in [0.15, 0.2) is 0 Å². The van der Waals surface area contributed by atoms with E-state index in [4.69, 9.17) is 0 Å². The van der Waals surface area contributed by atoms with Gasteiger partial charge in [-0.25, -0.2) is 13.2 Å². The Morgan fingerprint density at radius 2 is 2.00 bits per heavy atom. The van der Waals surface area contributed by atoms with Crippen molar-refractivity contribution >= 4 is 21.9 Å². The Kier molecular flexibility index (Phi) is 6.13. The summed E-state index contributed by atoms with van der Waals surface area (Å²) in [5.74, 6) is -1.73. The quantitative estimate of drug-likeness (QED) is 0.767. The van der Waals surface area contributed by atoms with Crippen LogP contribution in [0, 0.1) is 11.8 Å². The van der Waals surface area contributed by atoms with Crippen molar-refractivity contribution in [2.24, 2.45) is 18.9 Å². The summed E-state index contributed by atoms with van der Waals surface area (Å²) in [6.45, 7) is 6.34. The lowest BCUT2D eigenvalue weighted by molar-refractivity contribution is -0.140. The zero-order valence-electron chi connectivity index (χ0n) is 15.6. The summed E-state index contributed by atoms with van der Waals surface area (Å²) in [6.07, 6.45) is 3.21. The van der Waals surface area contributed by atoms with E-state index < -0.39 is 27.9 Å². The van der Waals surface area contributed by atoms with E-state index in [1.54, 1.807) is 20.9 Å². The highest BCUT2D eigenvalue weighted by Gasteiger charge is 2.31. The average Bonchev–Trinajstić information content (AvgIpc) is 2.94. The zero-order valence-corrected chi connectivity index (χ0v) is 16.4. The molecule has 0 aliphatic carbocycles. The number of rotatable bonds is 6. The van der Waals surface area contributed by atoms with Gasteiger partial charge in [-0.3, -0.25) is 4.79 Å². The van der Waals surface area contributed by atoms with E-state index in [0.717, 1.165) is 12.8 Å². The number of aryl methyl sites for hydroxylation is 1. The summed E-state index contributed by atoms with van der Waals surface area (Å²) in [5, 5.41) is 11.7. The topological polar surface area (TPSA) is 109 Å². The molecule has 0 radical (unpaired) electrons. The fourth-order valence-corrected chi connectivity index (χ4v) is 4.81. The van der Waals surface area contributed by atoms with Gasteiger partial charge in [0.1, 0.15) is 16.6 Å². The second kappa shape index (κ2) is 7.79. The normalized spacial score (nSPS) is 20.1. The zero-order chi connectivity index (χ0) is 19.6. The third-order valence-electron chi connectivity index (χ3n) is 4.69. The van der Waals surface area contributed by atoms with Crippen LogP contribution in [0.15, 0.2) is 17.2 Å². The number of sulfonamides is 1. The van der Waals surface area contributed by atoms with Crippen molar-refractivity contribution < 1.29 is 23.1 Å². The number of carboxylic acid groups (broad SMARTS) is 1. The van der Waals surface area contributed by atoms with Crippen LogP contribution < -0.4 is 5.32 Å². The maximum atomic E-state index is 12.8. The predicted molar refractivity (Wildman–Crippen MR) is 96.3 cm³/mol. The summed E-state index contributed by atoms with van der Waals surface area (Å²) < 4.78 is 28.6. The van der Waals surface area contributed by atoms with Gasteiger partial charge in [-0.1, -0.05) is 20.8 Å². The maximum absolute atomic E-state index is 12.8. The number of nitrogens with zero attached hydrogens (tertiary/aromatic N) is 2. The highest BCUT2D eigenvalue weighted by Crippen LogP contribution is 2.24. The van der Waals surface area contributed by atoms with Crippen LogP contribution in [-0.4, -0.2) is 53.4 Å². The number of aliphatic carboxylic acids is 1. The number of carbonyl (C=O) groups excluding carboxylic acids is 1. The van der Waals surface area contributed by atoms with Crippen LogP contribution in [0.3, 0.4) is 0 Å². The minimum atomic E-state index is -3.68. The van der Waals surface area contributed by atoms with Crippen LogP contribution in [0.4, 0.5) is 0 Å². The Bertz CT molecular complexity index is 784. The van der Waals surface area contributed by atoms with E-state index in [1.165, 1.54) is 21.1 Å². The van der Waals surface area contributed by atoms with Gasteiger partial charge in [0.2, 0.25) is 10.0 Å². The van der Waals surface area contributed by atoms with Crippen molar-refractivity contribution in [1.29, 1.82) is 0 Å². The van der Waals surface area contributed by atoms with Crippen molar-refractivity contribution in [3.63, 3.8) is 0 Å². The number of aromatic nitrogens is 1. The first kappa shape index (κ1) is 20.4. The summed E-state index contributed by atoms with van der Waals surface area (Å²) in [6, 6.07) is 0.267. The molecule has 0 spiro atoms. The molecule has 1 aliphatic rings. The molecule has 1 aromatic heterocycles. The SMILES string of the molecule is CC1CCCN(S(=O)(=O)c2cc(C(=O)N[C@H](C(=O)O)C(C)C)n(C)c2)C1. The van der Waals surface area contributed by atoms with Gasteiger partial charge < -0.3 is 15.0 Å². The standard InChI is InChI=1S/C17H27N3O5S/c1-11(2)15(17(22)23)18-16(21)14-8-13(10-19(14)4)26(24,25)20-7-5-6-12(3)9-20/h8,10-12,15H,5-7,9H2,1-4H3,(H,18,21)(H,22,23)/t12?,15-/m0/s1. The Balaban J connectivity index is 2.25. The van der Waals surface area contributed by atoms with Crippen molar-refractivity contribution in [2.45, 2.75) is 44.6 Å². The van der Waals surface area contributed by atoms with E-state index in [0.29, 0.717) is 19.0 Å². The van der Waals surface area contributed by atoms with Crippen LogP contribution in [-0.2, 0) is 21.9 Å². The molecule has 2 heterocycles. The Labute approximate surface area is 154 Å². The fourth-order valence-electron chi connectivity index (χ4n) is 3.14. The average molecular weight is 385 g/mol. The van der Waals surface area contributed by atoms with Gasteiger partial charge in [-0.05, 0) is 30.7 Å². The fraction of sp³-hybridized carbons (Fsp3) is 0.647. The molecule has 1 aromatic rings. The first-order chi connectivity index (χ1) is 12.0. The molecule has 0 aromatic carbocycles. The van der Waals surface area contributed by atoms with Crippen molar-refractivity contribution in [1.82, 2.24) is 14.2 Å². The lowest BCUT2D eigenvalue weighted by atomic mass is 10.0. The molecular formula is C17H27N3O5S. The Morgan fingerprint density at radius 1 is 1.35 bits per heavy atom. The smallest absolute Gasteiger partial charge is 0.326 e. The third kappa shape index (κ3) is 4.27. The first-order valence-electron chi connectivity index (χ1n) is 8.74. The number of carboxylic acids is 1. The third-order valence-corrected chi connectivity index (χ3v) is 6.52. The monoisotopic (exact) mass is 385 g/mol. The summed E-state index contributed by atoms with van der Waals surface area (Å²) in [5.41, 5.74) is 0.112. The van der Waals surface area contributed by atoms with Crippen LogP contribution in [0.2, 0.25) is 0 Å². The number of hydrogen-bond acceptors (Lipinski definition) is 4. The molecule has 8 nitrogen and oxygen atoms in total. The first-order valence-corrected chi connectivity index (χ1v) is 10.2. The largest absolute Gasteiger partial charge is 0.480 e. The Hall–Kier alpha value is -1.87. The highest BCUT2D eigenvalue weighted by molar-refractivity contribution is 7.89. The molecule has 1 amide bonds. The molecule has 0 saturated carbocycles. The molecule has 1 fully saturated rings. The van der Waals surface area contributed by atoms with E-state index in [-0.39, 0.29) is 16.5 Å². The number of nitrogens with one attached hydrogen (secondary N) is 1. The van der Waals surface area contributed by atoms with E-state index >= 15 is 0 Å². The van der Waals surface area contributed by atoms with Crippen LogP contribution >= 0.6 is 0 Å². The molecule has 146 valence electrons. The summed E-state index contributed by atoms with van der Waals surface area (Å²) in [4.78, 5) is 23.8. The van der Waals surface area contributed by atoms with Crippen molar-refractivity contribution in [2.75, 3.05) is 13.1 Å². The summed E-state index contributed by atoms with van der Waals surface area (Å²) in [7, 11) is -2.11. The molecule has 9 heteroatoms. The minimum Gasteiger partial charge on any atom is -0.480 e. The van der Waals surface area contributed by atoms with Crippen molar-refractivity contribution in [3.8, 4) is 0 Å². The van der Waals surface area contributed by atoms with Gasteiger partial charge >= 0.3 is 5.97 Å². The second-order valence-electron chi connectivity index (χ2n) is 7.32. The lowest BCUT2D eigenvalue weighted by Crippen LogP contribution is -2.44. The minimum absolute atomic E-state index is 0.0515. The molecule has 1 unspecified atom stereocenters. The number of piperidine rings is 1. The molecule has 2 N–H and O–H groups in total. The summed E-state index contributed by atoms with van der Waals surface area (Å²) >= 11 is 0. The lowest BCUT2D eigenvalue weighted by Gasteiger charge is -2.29. The van der Waals surface area contributed by atoms with Gasteiger partial charge in [0.25, 0.3) is 5.91 Å². The van der Waals surface area contributed by atoms with Gasteiger partial charge in [-0.15, -0.1) is 0 Å². The molecule has 1 saturated heterocycles. The van der Waals surface area contributed by atoms with Crippen LogP contribution in [0.5, 0.6) is 0 Å². The molecule has 2 atom stereocenters. The number of hydrogen-bond donors (Lipinski definition) is 2. The molecule has 1 aliphatic heterocycles. The van der Waals surface area contributed by atoms with Gasteiger partial charge in [-0.2, -0.15) is 4.31 Å².